The van der Waals surface area contributed by atoms with Crippen molar-refractivity contribution < 1.29 is 9.47 Å². The third-order valence-electron chi connectivity index (χ3n) is 5.77. The Labute approximate surface area is 182 Å². The van der Waals surface area contributed by atoms with Crippen molar-refractivity contribution in [3.05, 3.63) is 90.3 Å². The number of ether oxygens (including phenoxy) is 2. The zero-order valence-corrected chi connectivity index (χ0v) is 17.6. The predicted octanol–water partition coefficient (Wildman–Crippen LogP) is 4.88. The Kier molecular flexibility index (Phi) is 5.61. The molecule has 1 fully saturated rings. The third-order valence-corrected chi connectivity index (χ3v) is 5.77. The quantitative estimate of drug-likeness (QED) is 0.468. The van der Waals surface area contributed by atoms with Gasteiger partial charge in [-0.15, -0.1) is 0 Å². The first kappa shape index (κ1) is 19.7. The molecule has 0 unspecified atom stereocenters. The topological polar surface area (TPSA) is 47.5 Å². The molecule has 1 atom stereocenters. The fraction of sp³-hybridized carbons (Fsp3) is 0.231. The van der Waals surface area contributed by atoms with Crippen LogP contribution in [0.4, 0.5) is 0 Å². The van der Waals surface area contributed by atoms with Gasteiger partial charge in [0.05, 0.1) is 30.6 Å². The van der Waals surface area contributed by atoms with Crippen LogP contribution in [0.25, 0.3) is 22.2 Å². The summed E-state index contributed by atoms with van der Waals surface area (Å²) in [4.78, 5) is 11.8. The van der Waals surface area contributed by atoms with Crippen molar-refractivity contribution in [3.8, 4) is 17.0 Å². The van der Waals surface area contributed by atoms with E-state index in [1.165, 1.54) is 10.9 Å². The van der Waals surface area contributed by atoms with Crippen molar-refractivity contribution in [1.29, 1.82) is 0 Å². The molecule has 5 heteroatoms. The van der Waals surface area contributed by atoms with Crippen LogP contribution in [0.1, 0.15) is 17.4 Å². The lowest BCUT2D eigenvalue weighted by atomic mass is 10.1. The van der Waals surface area contributed by atoms with Crippen molar-refractivity contribution in [2.75, 3.05) is 26.8 Å². The highest BCUT2D eigenvalue weighted by Crippen LogP contribution is 2.27. The normalized spacial score (nSPS) is 17.0. The smallest absolute Gasteiger partial charge is 0.118 e. The molecular formula is C26H25N3O2. The predicted molar refractivity (Wildman–Crippen MR) is 122 cm³/mol. The zero-order valence-electron chi connectivity index (χ0n) is 17.6. The van der Waals surface area contributed by atoms with Crippen LogP contribution in [-0.2, 0) is 11.3 Å². The molecule has 0 aliphatic carbocycles. The minimum atomic E-state index is -0.0416. The first-order chi connectivity index (χ1) is 15.3. The summed E-state index contributed by atoms with van der Waals surface area (Å²) in [5.74, 6) is 0.842. The fourth-order valence-electron chi connectivity index (χ4n) is 4.12. The highest BCUT2D eigenvalue weighted by molar-refractivity contribution is 5.81. The highest BCUT2D eigenvalue weighted by Gasteiger charge is 2.24. The van der Waals surface area contributed by atoms with Gasteiger partial charge in [0.1, 0.15) is 11.9 Å². The van der Waals surface area contributed by atoms with Crippen molar-refractivity contribution in [2.45, 2.75) is 12.6 Å². The molecule has 2 aromatic carbocycles. The molecule has 1 aliphatic heterocycles. The summed E-state index contributed by atoms with van der Waals surface area (Å²) in [7, 11) is 1.68. The summed E-state index contributed by atoms with van der Waals surface area (Å²) in [6.07, 6.45) is 1.80. The number of morpholine rings is 1. The Morgan fingerprint density at radius 3 is 2.74 bits per heavy atom. The Bertz CT molecular complexity index is 1170. The van der Waals surface area contributed by atoms with Crippen LogP contribution in [0.5, 0.6) is 5.75 Å². The van der Waals surface area contributed by atoms with E-state index in [2.05, 4.69) is 46.3 Å². The van der Waals surface area contributed by atoms with Gasteiger partial charge in [-0.1, -0.05) is 24.3 Å². The van der Waals surface area contributed by atoms with Crippen molar-refractivity contribution >= 4 is 10.9 Å². The summed E-state index contributed by atoms with van der Waals surface area (Å²) < 4.78 is 11.4. The molecule has 0 saturated carbocycles. The Morgan fingerprint density at radius 2 is 1.87 bits per heavy atom. The van der Waals surface area contributed by atoms with E-state index in [0.717, 1.165) is 47.9 Å². The molecule has 3 heterocycles. The van der Waals surface area contributed by atoms with Crippen LogP contribution in [0, 0.1) is 0 Å². The van der Waals surface area contributed by atoms with Gasteiger partial charge < -0.3 is 9.47 Å². The van der Waals surface area contributed by atoms with E-state index in [-0.39, 0.29) is 6.10 Å². The summed E-state index contributed by atoms with van der Waals surface area (Å²) in [6.45, 7) is 3.30. The van der Waals surface area contributed by atoms with Crippen molar-refractivity contribution in [1.82, 2.24) is 14.9 Å². The second kappa shape index (κ2) is 8.84. The number of nitrogens with zero attached hydrogens (tertiary/aromatic N) is 3. The average Bonchev–Trinajstić information content (AvgIpc) is 2.85. The number of aromatic nitrogens is 2. The number of rotatable bonds is 5. The number of benzene rings is 2. The van der Waals surface area contributed by atoms with Crippen LogP contribution in [0.2, 0.25) is 0 Å². The van der Waals surface area contributed by atoms with Crippen LogP contribution < -0.4 is 4.74 Å². The Balaban J connectivity index is 1.34. The standard InChI is InChI=1S/C26H25N3O2/c1-30-21-12-10-19(11-13-21)23-7-3-9-25(28-23)26-18-29(15-16-31-26)17-20-5-2-8-24-22(20)6-4-14-27-24/h2-14,26H,15-18H2,1H3/t26-/m1/s1. The average molecular weight is 412 g/mol. The van der Waals surface area contributed by atoms with Gasteiger partial charge in [0.15, 0.2) is 0 Å². The fourth-order valence-corrected chi connectivity index (χ4v) is 4.12. The molecular weight excluding hydrogens is 386 g/mol. The summed E-state index contributed by atoms with van der Waals surface area (Å²) in [6, 6.07) is 24.6. The van der Waals surface area contributed by atoms with Crippen LogP contribution >= 0.6 is 0 Å². The van der Waals surface area contributed by atoms with Gasteiger partial charge in [-0.25, -0.2) is 0 Å². The van der Waals surface area contributed by atoms with E-state index in [1.807, 2.05) is 42.6 Å². The van der Waals surface area contributed by atoms with Gasteiger partial charge in [-0.3, -0.25) is 14.9 Å². The number of hydrogen-bond acceptors (Lipinski definition) is 5. The van der Waals surface area contributed by atoms with E-state index >= 15 is 0 Å². The Hall–Kier alpha value is -3.28. The van der Waals surface area contributed by atoms with E-state index in [0.29, 0.717) is 6.61 Å². The summed E-state index contributed by atoms with van der Waals surface area (Å²) >= 11 is 0. The SMILES string of the molecule is COc1ccc(-c2cccc([C@H]3CN(Cc4cccc5ncccc45)CCO3)n2)cc1. The molecule has 1 aliphatic rings. The lowest BCUT2D eigenvalue weighted by molar-refractivity contribution is -0.0348. The lowest BCUT2D eigenvalue weighted by Crippen LogP contribution is -2.38. The number of hydrogen-bond donors (Lipinski definition) is 0. The zero-order chi connectivity index (χ0) is 21.0. The molecule has 1 saturated heterocycles. The maximum Gasteiger partial charge on any atom is 0.118 e. The highest BCUT2D eigenvalue weighted by atomic mass is 16.5. The lowest BCUT2D eigenvalue weighted by Gasteiger charge is -2.33. The van der Waals surface area contributed by atoms with Gasteiger partial charge in [-0.05, 0) is 54.1 Å². The van der Waals surface area contributed by atoms with Gasteiger partial charge in [0.25, 0.3) is 0 Å². The van der Waals surface area contributed by atoms with Crippen LogP contribution in [0.3, 0.4) is 0 Å². The molecule has 2 aromatic heterocycles. The molecule has 5 rings (SSSR count). The van der Waals surface area contributed by atoms with Crippen molar-refractivity contribution in [2.24, 2.45) is 0 Å². The van der Waals surface area contributed by atoms with Gasteiger partial charge in [0, 0.05) is 36.8 Å². The monoisotopic (exact) mass is 411 g/mol. The molecule has 31 heavy (non-hydrogen) atoms. The number of methoxy groups -OCH3 is 1. The number of pyridine rings is 2. The largest absolute Gasteiger partial charge is 0.497 e. The van der Waals surface area contributed by atoms with Gasteiger partial charge in [-0.2, -0.15) is 0 Å². The maximum absolute atomic E-state index is 6.11. The van der Waals surface area contributed by atoms with Gasteiger partial charge in [0.2, 0.25) is 0 Å². The van der Waals surface area contributed by atoms with E-state index in [4.69, 9.17) is 14.5 Å². The van der Waals surface area contributed by atoms with Gasteiger partial charge >= 0.3 is 0 Å². The minimum absolute atomic E-state index is 0.0416. The first-order valence-corrected chi connectivity index (χ1v) is 10.6. The molecule has 0 spiro atoms. The molecule has 0 bridgehead atoms. The second-order valence-corrected chi connectivity index (χ2v) is 7.76. The molecule has 4 aromatic rings. The molecule has 0 amide bonds. The molecule has 0 radical (unpaired) electrons. The first-order valence-electron chi connectivity index (χ1n) is 10.6. The maximum atomic E-state index is 6.11. The summed E-state index contributed by atoms with van der Waals surface area (Å²) in [5.41, 5.74) is 5.32. The molecule has 0 N–H and O–H groups in total. The summed E-state index contributed by atoms with van der Waals surface area (Å²) in [5, 5.41) is 1.22. The molecule has 156 valence electrons. The van der Waals surface area contributed by atoms with Crippen LogP contribution in [-0.4, -0.2) is 41.7 Å². The van der Waals surface area contributed by atoms with Crippen molar-refractivity contribution in [3.63, 3.8) is 0 Å². The van der Waals surface area contributed by atoms with E-state index in [9.17, 15) is 0 Å². The van der Waals surface area contributed by atoms with E-state index < -0.39 is 0 Å². The minimum Gasteiger partial charge on any atom is -0.497 e. The van der Waals surface area contributed by atoms with Crippen LogP contribution in [0.15, 0.2) is 79.0 Å². The number of fused-ring (bicyclic) bond motifs is 1. The van der Waals surface area contributed by atoms with E-state index in [1.54, 1.807) is 7.11 Å². The second-order valence-electron chi connectivity index (χ2n) is 7.76. The molecule has 5 nitrogen and oxygen atoms in total. The Morgan fingerprint density at radius 1 is 1.00 bits per heavy atom. The third kappa shape index (κ3) is 4.29.